The van der Waals surface area contributed by atoms with Gasteiger partial charge in [0, 0.05) is 12.4 Å². The first kappa shape index (κ1) is 9.89. The molecule has 2 heteroatoms. The van der Waals surface area contributed by atoms with Gasteiger partial charge in [-0.25, -0.2) is 4.52 Å². The lowest BCUT2D eigenvalue weighted by Crippen LogP contribution is -1.90. The average Bonchev–Trinajstić information content (AvgIpc) is 3.16. The molecule has 2 nitrogen and oxygen atoms in total. The second kappa shape index (κ2) is 3.70. The SMILES string of the molecule is c1ccc(C2CC2)c(-c2ccn3nccc3c2)c1. The Hall–Kier alpha value is -2.09. The summed E-state index contributed by atoms with van der Waals surface area (Å²) < 4.78 is 1.91. The molecule has 1 saturated carbocycles. The topological polar surface area (TPSA) is 17.3 Å². The predicted octanol–water partition coefficient (Wildman–Crippen LogP) is 3.88. The summed E-state index contributed by atoms with van der Waals surface area (Å²) >= 11 is 0. The van der Waals surface area contributed by atoms with Crippen LogP contribution in [0.2, 0.25) is 0 Å². The molecule has 1 aliphatic carbocycles. The van der Waals surface area contributed by atoms with E-state index in [9.17, 15) is 0 Å². The van der Waals surface area contributed by atoms with Crippen LogP contribution in [-0.2, 0) is 0 Å². The van der Waals surface area contributed by atoms with Crippen LogP contribution in [0.25, 0.3) is 16.6 Å². The van der Waals surface area contributed by atoms with Gasteiger partial charge in [-0.05, 0) is 53.6 Å². The molecule has 2 aromatic heterocycles. The largest absolute Gasteiger partial charge is 0.241 e. The molecule has 0 N–H and O–H groups in total. The van der Waals surface area contributed by atoms with Gasteiger partial charge in [0.25, 0.3) is 0 Å². The molecule has 0 aliphatic heterocycles. The highest BCUT2D eigenvalue weighted by molar-refractivity contribution is 5.72. The van der Waals surface area contributed by atoms with E-state index >= 15 is 0 Å². The molecule has 0 unspecified atom stereocenters. The van der Waals surface area contributed by atoms with Gasteiger partial charge in [-0.15, -0.1) is 0 Å². The molecule has 0 atom stereocenters. The van der Waals surface area contributed by atoms with Gasteiger partial charge in [0.15, 0.2) is 0 Å². The van der Waals surface area contributed by atoms with Crippen LogP contribution in [0.4, 0.5) is 0 Å². The zero-order chi connectivity index (χ0) is 11.9. The number of aromatic nitrogens is 2. The van der Waals surface area contributed by atoms with Crippen LogP contribution in [0.5, 0.6) is 0 Å². The van der Waals surface area contributed by atoms with Crippen molar-refractivity contribution in [2.24, 2.45) is 0 Å². The van der Waals surface area contributed by atoms with Crippen molar-refractivity contribution in [1.29, 1.82) is 0 Å². The molecule has 0 saturated heterocycles. The zero-order valence-corrected chi connectivity index (χ0v) is 10.1. The van der Waals surface area contributed by atoms with Crippen LogP contribution in [0.15, 0.2) is 54.9 Å². The number of hydrogen-bond acceptors (Lipinski definition) is 1. The molecule has 88 valence electrons. The van der Waals surface area contributed by atoms with E-state index in [0.29, 0.717) is 0 Å². The fourth-order valence-electron chi connectivity index (χ4n) is 2.60. The van der Waals surface area contributed by atoms with Gasteiger partial charge in [0.2, 0.25) is 0 Å². The summed E-state index contributed by atoms with van der Waals surface area (Å²) in [6.45, 7) is 0. The first-order valence-electron chi connectivity index (χ1n) is 6.44. The molecule has 2 heterocycles. The van der Waals surface area contributed by atoms with Crippen molar-refractivity contribution >= 4 is 5.52 Å². The number of nitrogens with zero attached hydrogens (tertiary/aromatic N) is 2. The van der Waals surface area contributed by atoms with E-state index in [4.69, 9.17) is 0 Å². The molecule has 0 radical (unpaired) electrons. The van der Waals surface area contributed by atoms with E-state index in [1.54, 1.807) is 0 Å². The normalized spacial score (nSPS) is 15.1. The van der Waals surface area contributed by atoms with Crippen molar-refractivity contribution in [2.75, 3.05) is 0 Å². The minimum atomic E-state index is 0.780. The minimum absolute atomic E-state index is 0.780. The summed E-state index contributed by atoms with van der Waals surface area (Å²) in [4.78, 5) is 0. The van der Waals surface area contributed by atoms with Gasteiger partial charge in [-0.2, -0.15) is 5.10 Å². The summed E-state index contributed by atoms with van der Waals surface area (Å²) in [5.74, 6) is 0.780. The lowest BCUT2D eigenvalue weighted by molar-refractivity contribution is 0.961. The van der Waals surface area contributed by atoms with Crippen molar-refractivity contribution in [2.45, 2.75) is 18.8 Å². The molecule has 3 aromatic rings. The van der Waals surface area contributed by atoms with Gasteiger partial charge in [0.1, 0.15) is 0 Å². The monoisotopic (exact) mass is 234 g/mol. The Morgan fingerprint density at radius 2 is 1.94 bits per heavy atom. The van der Waals surface area contributed by atoms with Crippen molar-refractivity contribution in [3.8, 4) is 11.1 Å². The predicted molar refractivity (Wildman–Crippen MR) is 72.6 cm³/mol. The Morgan fingerprint density at radius 1 is 1.06 bits per heavy atom. The molecule has 1 aliphatic rings. The summed E-state index contributed by atoms with van der Waals surface area (Å²) in [7, 11) is 0. The molecule has 0 bridgehead atoms. The maximum atomic E-state index is 4.24. The zero-order valence-electron chi connectivity index (χ0n) is 10.1. The third kappa shape index (κ3) is 1.53. The van der Waals surface area contributed by atoms with Crippen molar-refractivity contribution in [3.05, 3.63) is 60.4 Å². The molecule has 0 amide bonds. The van der Waals surface area contributed by atoms with E-state index in [-0.39, 0.29) is 0 Å². The highest BCUT2D eigenvalue weighted by atomic mass is 15.2. The second-order valence-electron chi connectivity index (χ2n) is 4.98. The Balaban J connectivity index is 1.90. The van der Waals surface area contributed by atoms with Crippen LogP contribution in [0.3, 0.4) is 0 Å². The molecular weight excluding hydrogens is 220 g/mol. The molecule has 4 rings (SSSR count). The summed E-state index contributed by atoms with van der Waals surface area (Å²) in [6, 6.07) is 15.2. The van der Waals surface area contributed by atoms with Gasteiger partial charge in [-0.3, -0.25) is 0 Å². The van der Waals surface area contributed by atoms with E-state index in [1.165, 1.54) is 29.5 Å². The van der Waals surface area contributed by atoms with E-state index in [2.05, 4.69) is 41.5 Å². The molecule has 1 aromatic carbocycles. The third-order valence-electron chi connectivity index (χ3n) is 3.69. The van der Waals surface area contributed by atoms with Gasteiger partial charge in [0.05, 0.1) is 5.52 Å². The van der Waals surface area contributed by atoms with Crippen LogP contribution in [0.1, 0.15) is 24.3 Å². The van der Waals surface area contributed by atoms with Gasteiger partial charge >= 0.3 is 0 Å². The lowest BCUT2D eigenvalue weighted by atomic mass is 9.97. The van der Waals surface area contributed by atoms with E-state index in [1.807, 2.05) is 23.0 Å². The summed E-state index contributed by atoms with van der Waals surface area (Å²) in [6.07, 6.45) is 6.55. The van der Waals surface area contributed by atoms with Gasteiger partial charge in [-0.1, -0.05) is 24.3 Å². The quantitative estimate of drug-likeness (QED) is 0.657. The highest BCUT2D eigenvalue weighted by Gasteiger charge is 2.25. The lowest BCUT2D eigenvalue weighted by Gasteiger charge is -2.09. The number of benzene rings is 1. The van der Waals surface area contributed by atoms with Crippen LogP contribution in [0, 0.1) is 0 Å². The van der Waals surface area contributed by atoms with Crippen molar-refractivity contribution in [1.82, 2.24) is 9.61 Å². The van der Waals surface area contributed by atoms with Crippen LogP contribution in [-0.4, -0.2) is 9.61 Å². The van der Waals surface area contributed by atoms with E-state index in [0.717, 1.165) is 11.4 Å². The Morgan fingerprint density at radius 3 is 2.83 bits per heavy atom. The molecule has 0 spiro atoms. The first-order valence-corrected chi connectivity index (χ1v) is 6.44. The first-order chi connectivity index (χ1) is 8.92. The highest BCUT2D eigenvalue weighted by Crippen LogP contribution is 2.44. The standard InChI is InChI=1S/C16H14N2/c1-2-4-16(15(3-1)12-5-6-12)13-8-10-18-14(11-13)7-9-17-18/h1-4,7-12H,5-6H2. The number of fused-ring (bicyclic) bond motifs is 1. The average molecular weight is 234 g/mol. The summed E-state index contributed by atoms with van der Waals surface area (Å²) in [5.41, 5.74) is 5.33. The molecular formula is C16H14N2. The maximum absolute atomic E-state index is 4.24. The number of pyridine rings is 1. The fourth-order valence-corrected chi connectivity index (χ4v) is 2.60. The Kier molecular flexibility index (Phi) is 2.04. The van der Waals surface area contributed by atoms with E-state index < -0.39 is 0 Å². The second-order valence-corrected chi connectivity index (χ2v) is 4.98. The fraction of sp³-hybridized carbons (Fsp3) is 0.188. The smallest absolute Gasteiger partial charge is 0.0667 e. The van der Waals surface area contributed by atoms with Crippen molar-refractivity contribution in [3.63, 3.8) is 0 Å². The third-order valence-corrected chi connectivity index (χ3v) is 3.69. The maximum Gasteiger partial charge on any atom is 0.0667 e. The van der Waals surface area contributed by atoms with Crippen LogP contribution >= 0.6 is 0 Å². The minimum Gasteiger partial charge on any atom is -0.241 e. The molecule has 1 fully saturated rings. The number of hydrogen-bond donors (Lipinski definition) is 0. The van der Waals surface area contributed by atoms with Crippen molar-refractivity contribution < 1.29 is 0 Å². The van der Waals surface area contributed by atoms with Crippen LogP contribution < -0.4 is 0 Å². The summed E-state index contributed by atoms with van der Waals surface area (Å²) in [5, 5.41) is 4.24. The Bertz CT molecular complexity index is 708. The number of rotatable bonds is 2. The molecule has 18 heavy (non-hydrogen) atoms. The Labute approximate surface area is 106 Å². The van der Waals surface area contributed by atoms with Gasteiger partial charge < -0.3 is 0 Å².